The van der Waals surface area contributed by atoms with Crippen molar-refractivity contribution in [2.75, 3.05) is 42.9 Å². The maximum absolute atomic E-state index is 14.0. The number of nitrogens with zero attached hydrogens (tertiary/aromatic N) is 8. The van der Waals surface area contributed by atoms with Crippen molar-refractivity contribution in [1.29, 1.82) is 5.26 Å². The molecule has 4 heterocycles. The summed E-state index contributed by atoms with van der Waals surface area (Å²) in [4.78, 5) is 25.8. The van der Waals surface area contributed by atoms with Crippen LogP contribution in [0.3, 0.4) is 0 Å². The van der Waals surface area contributed by atoms with E-state index in [1.165, 1.54) is 24.0 Å². The normalized spacial score (nSPS) is 14.1. The molecule has 1 N–H and O–H groups in total. The van der Waals surface area contributed by atoms with E-state index in [-0.39, 0.29) is 16.8 Å². The molecule has 0 atom stereocenters. The lowest BCUT2D eigenvalue weighted by atomic mass is 10.0. The van der Waals surface area contributed by atoms with Gasteiger partial charge in [0.05, 0.1) is 34.3 Å². The SMILES string of the molecule is CCN1CCN(c2cc(NC(=O)c3cnc(C)c(-n4cc(-c5cncc(C#N)c5)nn4)c3)cc(C(F)(F)F)c2C)CC1. The number of rotatable bonds is 6. The summed E-state index contributed by atoms with van der Waals surface area (Å²) in [5, 5.41) is 20.1. The second-order valence-electron chi connectivity index (χ2n) is 9.99. The van der Waals surface area contributed by atoms with Crippen molar-refractivity contribution < 1.29 is 18.0 Å². The van der Waals surface area contributed by atoms with Gasteiger partial charge in [-0.05, 0) is 50.2 Å². The van der Waals surface area contributed by atoms with Crippen LogP contribution in [0.1, 0.15) is 39.7 Å². The Morgan fingerprint density at radius 1 is 1.05 bits per heavy atom. The first-order valence-corrected chi connectivity index (χ1v) is 13.3. The van der Waals surface area contributed by atoms with E-state index in [0.29, 0.717) is 47.0 Å². The monoisotopic (exact) mass is 575 g/mol. The van der Waals surface area contributed by atoms with Crippen LogP contribution in [-0.2, 0) is 6.18 Å². The molecule has 10 nitrogen and oxygen atoms in total. The average Bonchev–Trinajstić information content (AvgIpc) is 3.48. The highest BCUT2D eigenvalue weighted by Gasteiger charge is 2.35. The van der Waals surface area contributed by atoms with Gasteiger partial charge in [0.25, 0.3) is 5.91 Å². The minimum atomic E-state index is -4.59. The van der Waals surface area contributed by atoms with E-state index in [1.54, 1.807) is 37.5 Å². The Kier molecular flexibility index (Phi) is 7.91. The number of carbonyl (C=O) groups is 1. The van der Waals surface area contributed by atoms with E-state index < -0.39 is 17.6 Å². The second-order valence-corrected chi connectivity index (χ2v) is 9.99. The molecule has 42 heavy (non-hydrogen) atoms. The van der Waals surface area contributed by atoms with Crippen LogP contribution < -0.4 is 10.2 Å². The number of hydrogen-bond acceptors (Lipinski definition) is 8. The molecular weight excluding hydrogens is 547 g/mol. The Hall–Kier alpha value is -4.83. The third-order valence-corrected chi connectivity index (χ3v) is 7.33. The van der Waals surface area contributed by atoms with Crippen LogP contribution in [-0.4, -0.2) is 68.5 Å². The van der Waals surface area contributed by atoms with Gasteiger partial charge in [-0.25, -0.2) is 4.68 Å². The molecule has 13 heteroatoms. The zero-order valence-corrected chi connectivity index (χ0v) is 23.3. The second kappa shape index (κ2) is 11.6. The molecule has 0 radical (unpaired) electrons. The molecule has 0 aliphatic carbocycles. The molecular formula is C29H28F3N9O. The first kappa shape index (κ1) is 28.7. The van der Waals surface area contributed by atoms with Crippen LogP contribution in [0.5, 0.6) is 0 Å². The smallest absolute Gasteiger partial charge is 0.369 e. The lowest BCUT2D eigenvalue weighted by Gasteiger charge is -2.37. The van der Waals surface area contributed by atoms with Crippen molar-refractivity contribution in [2.45, 2.75) is 26.9 Å². The number of halogens is 3. The zero-order chi connectivity index (χ0) is 30.0. The van der Waals surface area contributed by atoms with Gasteiger partial charge in [0.2, 0.25) is 0 Å². The van der Waals surface area contributed by atoms with Crippen LogP contribution in [0.25, 0.3) is 16.9 Å². The lowest BCUT2D eigenvalue weighted by molar-refractivity contribution is -0.138. The summed E-state index contributed by atoms with van der Waals surface area (Å²) in [5.74, 6) is -0.617. The fourth-order valence-electron chi connectivity index (χ4n) is 4.93. The summed E-state index contributed by atoms with van der Waals surface area (Å²) in [6, 6.07) is 7.77. The Balaban J connectivity index is 1.43. The van der Waals surface area contributed by atoms with Crippen molar-refractivity contribution in [3.8, 4) is 23.0 Å². The van der Waals surface area contributed by atoms with Crippen LogP contribution in [0.4, 0.5) is 24.5 Å². The summed E-state index contributed by atoms with van der Waals surface area (Å²) >= 11 is 0. The highest BCUT2D eigenvalue weighted by Crippen LogP contribution is 2.39. The van der Waals surface area contributed by atoms with Crippen molar-refractivity contribution in [3.05, 3.63) is 77.0 Å². The number of benzene rings is 1. The first-order chi connectivity index (χ1) is 20.1. The van der Waals surface area contributed by atoms with Gasteiger partial charge >= 0.3 is 6.18 Å². The molecule has 3 aromatic heterocycles. The Morgan fingerprint density at radius 2 is 1.81 bits per heavy atom. The number of pyridine rings is 2. The zero-order valence-electron chi connectivity index (χ0n) is 23.3. The van der Waals surface area contributed by atoms with Gasteiger partial charge in [-0.2, -0.15) is 18.4 Å². The van der Waals surface area contributed by atoms with Crippen LogP contribution in [0, 0.1) is 25.2 Å². The largest absolute Gasteiger partial charge is 0.416 e. The number of alkyl halides is 3. The van der Waals surface area contributed by atoms with E-state index >= 15 is 0 Å². The maximum atomic E-state index is 14.0. The molecule has 0 bridgehead atoms. The standard InChI is InChI=1S/C29H28F3N9O/c1-4-39-5-7-40(8-6-39)26-12-23(11-24(18(26)2)29(30,31)32)36-28(42)22-10-27(19(3)35-16-22)41-17-25(37-38-41)21-9-20(13-33)14-34-15-21/h9-12,14-17H,4-8H2,1-3H3,(H,36,42). The number of nitriles is 1. The summed E-state index contributed by atoms with van der Waals surface area (Å²) in [7, 11) is 0. The first-order valence-electron chi connectivity index (χ1n) is 13.3. The van der Waals surface area contributed by atoms with Gasteiger partial charge < -0.3 is 15.1 Å². The highest BCUT2D eigenvalue weighted by atomic mass is 19.4. The number of aryl methyl sites for hydroxylation is 1. The number of anilines is 2. The van der Waals surface area contributed by atoms with Gasteiger partial charge in [-0.3, -0.25) is 14.8 Å². The molecule has 0 saturated carbocycles. The van der Waals surface area contributed by atoms with E-state index in [2.05, 4.69) is 37.4 Å². The number of aromatic nitrogens is 5. The molecule has 0 unspecified atom stereocenters. The minimum absolute atomic E-state index is 0.0425. The molecule has 216 valence electrons. The minimum Gasteiger partial charge on any atom is -0.369 e. The van der Waals surface area contributed by atoms with Gasteiger partial charge in [-0.15, -0.1) is 5.10 Å². The van der Waals surface area contributed by atoms with Gasteiger partial charge in [0.15, 0.2) is 0 Å². The lowest BCUT2D eigenvalue weighted by Crippen LogP contribution is -2.46. The molecule has 1 aliphatic heterocycles. The van der Waals surface area contributed by atoms with Gasteiger partial charge in [0.1, 0.15) is 11.8 Å². The predicted octanol–water partition coefficient (Wildman–Crippen LogP) is 4.63. The number of amides is 1. The van der Waals surface area contributed by atoms with Crippen molar-refractivity contribution >= 4 is 17.3 Å². The molecule has 1 saturated heterocycles. The van der Waals surface area contributed by atoms with E-state index in [0.717, 1.165) is 25.7 Å². The molecule has 5 rings (SSSR count). The summed E-state index contributed by atoms with van der Waals surface area (Å²) in [6.07, 6.45) is 1.38. The molecule has 1 aromatic carbocycles. The summed E-state index contributed by atoms with van der Waals surface area (Å²) < 4.78 is 43.5. The fourth-order valence-corrected chi connectivity index (χ4v) is 4.93. The Labute approximate surface area is 240 Å². The molecule has 1 amide bonds. The third-order valence-electron chi connectivity index (χ3n) is 7.33. The molecule has 4 aromatic rings. The van der Waals surface area contributed by atoms with Crippen LogP contribution >= 0.6 is 0 Å². The highest BCUT2D eigenvalue weighted by molar-refractivity contribution is 6.04. The average molecular weight is 576 g/mol. The van der Waals surface area contributed by atoms with Gasteiger partial charge in [0, 0.05) is 61.7 Å². The molecule has 0 spiro atoms. The van der Waals surface area contributed by atoms with Crippen LogP contribution in [0.2, 0.25) is 0 Å². The number of likely N-dealkylation sites (N-methyl/N-ethyl adjacent to an activating group) is 1. The van der Waals surface area contributed by atoms with Gasteiger partial charge in [-0.1, -0.05) is 12.1 Å². The number of carbonyl (C=O) groups excluding carboxylic acids is 1. The Morgan fingerprint density at radius 3 is 2.50 bits per heavy atom. The maximum Gasteiger partial charge on any atom is 0.416 e. The summed E-state index contributed by atoms with van der Waals surface area (Å²) in [6.45, 7) is 8.80. The summed E-state index contributed by atoms with van der Waals surface area (Å²) in [5.41, 5.74) is 2.39. The Bertz CT molecular complexity index is 1670. The van der Waals surface area contributed by atoms with Crippen LogP contribution in [0.15, 0.2) is 49.1 Å². The van der Waals surface area contributed by atoms with E-state index in [9.17, 15) is 18.0 Å². The van der Waals surface area contributed by atoms with Crippen molar-refractivity contribution in [2.24, 2.45) is 0 Å². The van der Waals surface area contributed by atoms with E-state index in [4.69, 9.17) is 5.26 Å². The quantitative estimate of drug-likeness (QED) is 0.354. The third kappa shape index (κ3) is 5.94. The number of hydrogen-bond donors (Lipinski definition) is 1. The van der Waals surface area contributed by atoms with Crippen molar-refractivity contribution in [3.63, 3.8) is 0 Å². The fraction of sp³-hybridized carbons (Fsp3) is 0.310. The number of piperazine rings is 1. The van der Waals surface area contributed by atoms with Crippen molar-refractivity contribution in [1.82, 2.24) is 29.9 Å². The number of nitrogens with one attached hydrogen (secondary N) is 1. The van der Waals surface area contributed by atoms with E-state index in [1.807, 2.05) is 11.0 Å². The predicted molar refractivity (Wildman–Crippen MR) is 150 cm³/mol. The molecule has 1 aliphatic rings. The molecule has 1 fully saturated rings. The topological polar surface area (TPSA) is 116 Å².